The predicted octanol–water partition coefficient (Wildman–Crippen LogP) is 4.66. The Morgan fingerprint density at radius 1 is 1.24 bits per heavy atom. The Hall–Kier alpha value is -1.90. The summed E-state index contributed by atoms with van der Waals surface area (Å²) < 4.78 is 41.0. The molecule has 0 saturated heterocycles. The predicted molar refractivity (Wildman–Crippen MR) is 98.3 cm³/mol. The van der Waals surface area contributed by atoms with E-state index < -0.39 is 15.8 Å². The number of thiophene rings is 1. The van der Waals surface area contributed by atoms with Crippen LogP contribution in [0.15, 0.2) is 29.2 Å². The second-order valence-corrected chi connectivity index (χ2v) is 8.90. The highest BCUT2D eigenvalue weighted by molar-refractivity contribution is 7.93. The van der Waals surface area contributed by atoms with E-state index in [1.165, 1.54) is 23.5 Å². The van der Waals surface area contributed by atoms with E-state index in [0.717, 1.165) is 27.9 Å². The van der Waals surface area contributed by atoms with Crippen molar-refractivity contribution in [2.75, 3.05) is 4.72 Å². The topological polar surface area (TPSA) is 74.8 Å². The zero-order chi connectivity index (χ0) is 18.4. The molecular weight excluding hydrogens is 385 g/mol. The zero-order valence-corrected chi connectivity index (χ0v) is 16.0. The van der Waals surface area contributed by atoms with E-state index in [1.807, 2.05) is 13.8 Å². The van der Waals surface area contributed by atoms with Crippen LogP contribution in [-0.4, -0.2) is 18.6 Å². The second-order valence-electron chi connectivity index (χ2n) is 5.59. The van der Waals surface area contributed by atoms with Crippen LogP contribution in [0, 0.1) is 26.6 Å². The molecule has 0 aliphatic rings. The van der Waals surface area contributed by atoms with Gasteiger partial charge in [0.1, 0.15) is 16.4 Å². The van der Waals surface area contributed by atoms with Crippen LogP contribution in [0.3, 0.4) is 0 Å². The lowest BCUT2D eigenvalue weighted by Gasteiger charge is -2.08. The number of aryl methyl sites for hydroxylation is 2. The minimum atomic E-state index is -3.83. The number of nitrogens with zero attached hydrogens (tertiary/aromatic N) is 1. The third-order valence-electron chi connectivity index (χ3n) is 3.82. The van der Waals surface area contributed by atoms with Crippen LogP contribution in [0.2, 0.25) is 5.02 Å². The molecule has 0 atom stereocenters. The van der Waals surface area contributed by atoms with Gasteiger partial charge in [0.15, 0.2) is 0 Å². The minimum Gasteiger partial charge on any atom is -0.282 e. The van der Waals surface area contributed by atoms with Gasteiger partial charge in [0.05, 0.1) is 15.6 Å². The maximum absolute atomic E-state index is 13.2. The Labute approximate surface area is 153 Å². The Kier molecular flexibility index (Phi) is 4.61. The molecule has 2 aromatic heterocycles. The Morgan fingerprint density at radius 3 is 2.56 bits per heavy atom. The molecule has 9 heteroatoms. The van der Waals surface area contributed by atoms with Gasteiger partial charge in [-0.3, -0.25) is 9.82 Å². The van der Waals surface area contributed by atoms with E-state index in [-0.39, 0.29) is 15.6 Å². The molecule has 0 bridgehead atoms. The lowest BCUT2D eigenvalue weighted by atomic mass is 10.2. The van der Waals surface area contributed by atoms with Crippen LogP contribution >= 0.6 is 22.9 Å². The van der Waals surface area contributed by atoms with Crippen molar-refractivity contribution in [3.63, 3.8) is 0 Å². The fourth-order valence-corrected chi connectivity index (χ4v) is 5.21. The van der Waals surface area contributed by atoms with Crippen LogP contribution in [0.5, 0.6) is 0 Å². The summed E-state index contributed by atoms with van der Waals surface area (Å²) in [5, 5.41) is 6.99. The van der Waals surface area contributed by atoms with E-state index >= 15 is 0 Å². The number of nitrogens with one attached hydrogen (secondary N) is 2. The largest absolute Gasteiger partial charge is 0.282 e. The van der Waals surface area contributed by atoms with Gasteiger partial charge >= 0.3 is 0 Å². The minimum absolute atomic E-state index is 0.148. The smallest absolute Gasteiger partial charge is 0.263 e. The van der Waals surface area contributed by atoms with Crippen molar-refractivity contribution < 1.29 is 12.8 Å². The van der Waals surface area contributed by atoms with Crippen LogP contribution in [-0.2, 0) is 10.0 Å². The van der Waals surface area contributed by atoms with Crippen LogP contribution in [0.1, 0.15) is 16.1 Å². The number of benzene rings is 1. The molecule has 1 aromatic carbocycles. The molecule has 0 aliphatic heterocycles. The van der Waals surface area contributed by atoms with Crippen molar-refractivity contribution in [1.29, 1.82) is 0 Å². The van der Waals surface area contributed by atoms with Gasteiger partial charge in [0, 0.05) is 10.6 Å². The van der Waals surface area contributed by atoms with E-state index in [2.05, 4.69) is 14.9 Å². The summed E-state index contributed by atoms with van der Waals surface area (Å²) in [5.41, 5.74) is 2.84. The van der Waals surface area contributed by atoms with Crippen molar-refractivity contribution in [1.82, 2.24) is 10.2 Å². The van der Waals surface area contributed by atoms with Gasteiger partial charge in [-0.2, -0.15) is 5.10 Å². The van der Waals surface area contributed by atoms with Gasteiger partial charge in [-0.25, -0.2) is 12.8 Å². The van der Waals surface area contributed by atoms with Gasteiger partial charge in [0.25, 0.3) is 10.0 Å². The number of anilines is 1. The van der Waals surface area contributed by atoms with Gasteiger partial charge in [-0.1, -0.05) is 11.6 Å². The number of aromatic amines is 1. The average molecular weight is 400 g/mol. The Balaban J connectivity index is 1.97. The van der Waals surface area contributed by atoms with Crippen LogP contribution < -0.4 is 4.72 Å². The number of hydrogen-bond donors (Lipinski definition) is 2. The summed E-state index contributed by atoms with van der Waals surface area (Å²) in [6.07, 6.45) is 0. The number of halogens is 2. The highest BCUT2D eigenvalue weighted by Crippen LogP contribution is 2.35. The first-order valence-electron chi connectivity index (χ1n) is 7.29. The zero-order valence-electron chi connectivity index (χ0n) is 13.6. The van der Waals surface area contributed by atoms with E-state index in [0.29, 0.717) is 4.88 Å². The summed E-state index contributed by atoms with van der Waals surface area (Å²) >= 11 is 7.05. The first-order chi connectivity index (χ1) is 11.7. The SMILES string of the molecule is Cc1[nH]nc(-c2cc(S(=O)(=O)Nc3ccc(F)c(Cl)c3)c(C)s2)c1C. The molecule has 2 heterocycles. The summed E-state index contributed by atoms with van der Waals surface area (Å²) in [4.78, 5) is 1.56. The maximum Gasteiger partial charge on any atom is 0.263 e. The van der Waals surface area contributed by atoms with Crippen LogP contribution in [0.4, 0.5) is 10.1 Å². The van der Waals surface area contributed by atoms with Crippen molar-refractivity contribution in [3.8, 4) is 10.6 Å². The van der Waals surface area contributed by atoms with Gasteiger partial charge in [-0.15, -0.1) is 11.3 Å². The molecule has 3 rings (SSSR count). The molecule has 132 valence electrons. The van der Waals surface area contributed by atoms with Gasteiger partial charge < -0.3 is 0 Å². The molecule has 0 aliphatic carbocycles. The number of hydrogen-bond acceptors (Lipinski definition) is 4. The summed E-state index contributed by atoms with van der Waals surface area (Å²) in [6.45, 7) is 5.56. The van der Waals surface area contributed by atoms with Crippen molar-refractivity contribution in [2.45, 2.75) is 25.7 Å². The first-order valence-corrected chi connectivity index (χ1v) is 9.97. The van der Waals surface area contributed by atoms with Crippen molar-refractivity contribution in [3.05, 3.63) is 51.2 Å². The first kappa shape index (κ1) is 17.9. The summed E-state index contributed by atoms with van der Waals surface area (Å²) in [6, 6.07) is 5.26. The normalized spacial score (nSPS) is 11.7. The average Bonchev–Trinajstić information content (AvgIpc) is 3.07. The van der Waals surface area contributed by atoms with Crippen molar-refractivity contribution in [2.24, 2.45) is 0 Å². The summed E-state index contributed by atoms with van der Waals surface area (Å²) in [5.74, 6) is -0.608. The standard InChI is InChI=1S/C16H15ClFN3O2S2/c1-8-9(2)19-20-16(8)14-7-15(10(3)24-14)25(22,23)21-11-4-5-13(18)12(17)6-11/h4-7,21H,1-3H3,(H,19,20). The monoisotopic (exact) mass is 399 g/mol. The number of aromatic nitrogens is 2. The molecule has 0 radical (unpaired) electrons. The van der Waals surface area contributed by atoms with Gasteiger partial charge in [-0.05, 0) is 50.6 Å². The quantitative estimate of drug-likeness (QED) is 0.670. The molecule has 3 aromatic rings. The molecule has 0 saturated carbocycles. The van der Waals surface area contributed by atoms with Gasteiger partial charge in [0.2, 0.25) is 0 Å². The Bertz CT molecular complexity index is 1060. The fraction of sp³-hybridized carbons (Fsp3) is 0.188. The fourth-order valence-electron chi connectivity index (χ4n) is 2.34. The van der Waals surface area contributed by atoms with Crippen molar-refractivity contribution >= 4 is 38.6 Å². The highest BCUT2D eigenvalue weighted by Gasteiger charge is 2.22. The lowest BCUT2D eigenvalue weighted by molar-refractivity contribution is 0.601. The number of rotatable bonds is 4. The molecule has 25 heavy (non-hydrogen) atoms. The molecular formula is C16H15ClFN3O2S2. The lowest BCUT2D eigenvalue weighted by Crippen LogP contribution is -2.13. The third kappa shape index (κ3) is 3.42. The second kappa shape index (κ2) is 6.44. The van der Waals surface area contributed by atoms with Crippen LogP contribution in [0.25, 0.3) is 10.6 Å². The van der Waals surface area contributed by atoms with E-state index in [9.17, 15) is 12.8 Å². The molecule has 0 unspecified atom stereocenters. The van der Waals surface area contributed by atoms with E-state index in [1.54, 1.807) is 13.0 Å². The molecule has 2 N–H and O–H groups in total. The summed E-state index contributed by atoms with van der Waals surface area (Å²) in [7, 11) is -3.83. The van der Waals surface area contributed by atoms with E-state index in [4.69, 9.17) is 11.6 Å². The molecule has 5 nitrogen and oxygen atoms in total. The number of H-pyrrole nitrogens is 1. The molecule has 0 amide bonds. The molecule has 0 spiro atoms. The molecule has 0 fully saturated rings. The third-order valence-corrected chi connectivity index (χ3v) is 6.80. The maximum atomic E-state index is 13.2. The Morgan fingerprint density at radius 2 is 1.96 bits per heavy atom. The highest BCUT2D eigenvalue weighted by atomic mass is 35.5. The number of sulfonamides is 1.